The average molecular weight is 406 g/mol. The third-order valence-electron chi connectivity index (χ3n) is 4.61. The van der Waals surface area contributed by atoms with Gasteiger partial charge in [0, 0.05) is 17.6 Å². The normalized spacial score (nSPS) is 10.9. The van der Waals surface area contributed by atoms with Gasteiger partial charge in [0.05, 0.1) is 18.2 Å². The second kappa shape index (κ2) is 7.78. The summed E-state index contributed by atoms with van der Waals surface area (Å²) in [4.78, 5) is 24.8. The summed E-state index contributed by atoms with van der Waals surface area (Å²) in [5.41, 5.74) is 7.68. The number of fused-ring (bicyclic) bond motifs is 1. The third kappa shape index (κ3) is 3.64. The van der Waals surface area contributed by atoms with Gasteiger partial charge in [-0.1, -0.05) is 30.3 Å². The molecule has 9 heteroatoms. The Hall–Kier alpha value is -4.01. The first-order chi connectivity index (χ1) is 14.5. The Morgan fingerprint density at radius 1 is 1.17 bits per heavy atom. The molecule has 0 unspecified atom stereocenters. The molecule has 1 amide bonds. The van der Waals surface area contributed by atoms with E-state index in [1.807, 2.05) is 30.3 Å². The number of methoxy groups -OCH3 is 1. The summed E-state index contributed by atoms with van der Waals surface area (Å²) in [6, 6.07) is 14.0. The van der Waals surface area contributed by atoms with Gasteiger partial charge in [0.1, 0.15) is 5.82 Å². The number of primary amides is 1. The van der Waals surface area contributed by atoms with Crippen molar-refractivity contribution in [3.63, 3.8) is 0 Å². The van der Waals surface area contributed by atoms with Crippen LogP contribution in [-0.2, 0) is 6.54 Å². The molecule has 0 aliphatic heterocycles. The minimum atomic E-state index is -0.713. The van der Waals surface area contributed by atoms with E-state index in [4.69, 9.17) is 10.5 Å². The minimum Gasteiger partial charge on any atom is -0.467 e. The highest BCUT2D eigenvalue weighted by Crippen LogP contribution is 2.27. The van der Waals surface area contributed by atoms with Crippen LogP contribution in [0.3, 0.4) is 0 Å². The number of rotatable bonds is 6. The lowest BCUT2D eigenvalue weighted by Crippen LogP contribution is -2.12. The van der Waals surface area contributed by atoms with Crippen molar-refractivity contribution in [1.29, 1.82) is 0 Å². The fraction of sp³-hybridized carbons (Fsp3) is 0.143. The fourth-order valence-electron chi connectivity index (χ4n) is 3.27. The van der Waals surface area contributed by atoms with E-state index < -0.39 is 11.7 Å². The smallest absolute Gasteiger partial charge is 0.322 e. The van der Waals surface area contributed by atoms with Crippen LogP contribution in [0.4, 0.5) is 10.3 Å². The van der Waals surface area contributed by atoms with Crippen LogP contribution >= 0.6 is 0 Å². The van der Waals surface area contributed by atoms with E-state index >= 15 is 0 Å². The number of ether oxygens (including phenoxy) is 1. The number of amides is 1. The SMILES string of the molecule is COc1nc(NCc2ccccc2)nc(-n2c(C)cc3c(C(N)=O)cc(F)cc32)n1. The molecule has 0 saturated carbocycles. The van der Waals surface area contributed by atoms with E-state index in [0.717, 1.165) is 11.6 Å². The van der Waals surface area contributed by atoms with Gasteiger partial charge in [0.2, 0.25) is 17.8 Å². The van der Waals surface area contributed by atoms with E-state index in [2.05, 4.69) is 20.3 Å². The Morgan fingerprint density at radius 3 is 2.63 bits per heavy atom. The largest absolute Gasteiger partial charge is 0.467 e. The Morgan fingerprint density at radius 2 is 1.93 bits per heavy atom. The van der Waals surface area contributed by atoms with Gasteiger partial charge in [0.25, 0.3) is 0 Å². The van der Waals surface area contributed by atoms with Crippen LogP contribution in [0.15, 0.2) is 48.5 Å². The highest BCUT2D eigenvalue weighted by atomic mass is 19.1. The highest BCUT2D eigenvalue weighted by Gasteiger charge is 2.18. The van der Waals surface area contributed by atoms with Crippen LogP contribution < -0.4 is 15.8 Å². The lowest BCUT2D eigenvalue weighted by molar-refractivity contribution is 0.100. The predicted octanol–water partition coefficient (Wildman–Crippen LogP) is 2.98. The van der Waals surface area contributed by atoms with E-state index in [-0.39, 0.29) is 17.5 Å². The fourth-order valence-corrected chi connectivity index (χ4v) is 3.27. The molecule has 3 N–H and O–H groups in total. The molecule has 8 nitrogen and oxygen atoms in total. The molecule has 30 heavy (non-hydrogen) atoms. The molecule has 2 aromatic carbocycles. The summed E-state index contributed by atoms with van der Waals surface area (Å²) in [6.45, 7) is 2.30. The molecule has 4 aromatic rings. The molecule has 0 saturated heterocycles. The molecule has 2 heterocycles. The molecule has 0 aliphatic rings. The van der Waals surface area contributed by atoms with E-state index in [1.54, 1.807) is 17.6 Å². The molecule has 0 radical (unpaired) electrons. The van der Waals surface area contributed by atoms with Gasteiger partial charge < -0.3 is 15.8 Å². The number of carbonyl (C=O) groups excluding carboxylic acids is 1. The van der Waals surface area contributed by atoms with Crippen LogP contribution in [0.2, 0.25) is 0 Å². The maximum atomic E-state index is 14.2. The molecule has 0 bridgehead atoms. The quantitative estimate of drug-likeness (QED) is 0.510. The van der Waals surface area contributed by atoms with Crippen molar-refractivity contribution in [3.05, 3.63) is 71.2 Å². The summed E-state index contributed by atoms with van der Waals surface area (Å²) in [5, 5.41) is 3.66. The van der Waals surface area contributed by atoms with Gasteiger partial charge in [-0.05, 0) is 30.7 Å². The number of carbonyl (C=O) groups is 1. The average Bonchev–Trinajstić information content (AvgIpc) is 3.07. The zero-order valence-corrected chi connectivity index (χ0v) is 16.4. The van der Waals surface area contributed by atoms with Gasteiger partial charge in [-0.2, -0.15) is 15.0 Å². The molecule has 2 aromatic heterocycles. The predicted molar refractivity (Wildman–Crippen MR) is 110 cm³/mol. The van der Waals surface area contributed by atoms with Crippen molar-refractivity contribution in [3.8, 4) is 12.0 Å². The number of nitrogens with zero attached hydrogens (tertiary/aromatic N) is 4. The van der Waals surface area contributed by atoms with Crippen molar-refractivity contribution in [1.82, 2.24) is 19.5 Å². The second-order valence-electron chi connectivity index (χ2n) is 6.66. The zero-order valence-electron chi connectivity index (χ0n) is 16.4. The molecular weight excluding hydrogens is 387 g/mol. The maximum Gasteiger partial charge on any atom is 0.322 e. The standard InChI is InChI=1S/C21H19FN6O2/c1-12-8-15-16(18(23)29)9-14(22)10-17(15)28(12)20-25-19(26-21(27-20)30-2)24-11-13-6-4-3-5-7-13/h3-10H,11H2,1-2H3,(H2,23,29)(H,24,25,26,27). The lowest BCUT2D eigenvalue weighted by atomic mass is 10.1. The van der Waals surface area contributed by atoms with Gasteiger partial charge in [-0.3, -0.25) is 9.36 Å². The zero-order chi connectivity index (χ0) is 21.3. The monoisotopic (exact) mass is 406 g/mol. The Kier molecular flexibility index (Phi) is 5.01. The molecule has 0 spiro atoms. The number of aromatic nitrogens is 4. The van der Waals surface area contributed by atoms with Crippen LogP contribution in [0.5, 0.6) is 6.01 Å². The van der Waals surface area contributed by atoms with Gasteiger partial charge in [-0.25, -0.2) is 4.39 Å². The van der Waals surface area contributed by atoms with Gasteiger partial charge in [0.15, 0.2) is 0 Å². The summed E-state index contributed by atoms with van der Waals surface area (Å²) < 4.78 is 21.0. The molecule has 0 atom stereocenters. The highest BCUT2D eigenvalue weighted by molar-refractivity contribution is 6.06. The van der Waals surface area contributed by atoms with Gasteiger partial charge >= 0.3 is 6.01 Å². The van der Waals surface area contributed by atoms with Crippen LogP contribution in [0.25, 0.3) is 16.9 Å². The number of hydrogen-bond acceptors (Lipinski definition) is 6. The van der Waals surface area contributed by atoms with Crippen molar-refractivity contribution in [2.24, 2.45) is 5.73 Å². The first-order valence-electron chi connectivity index (χ1n) is 9.16. The molecule has 0 fully saturated rings. The number of benzene rings is 2. The van der Waals surface area contributed by atoms with Crippen molar-refractivity contribution < 1.29 is 13.9 Å². The van der Waals surface area contributed by atoms with Crippen molar-refractivity contribution in [2.45, 2.75) is 13.5 Å². The Balaban J connectivity index is 1.81. The van der Waals surface area contributed by atoms with Crippen LogP contribution in [0, 0.1) is 12.7 Å². The Bertz CT molecular complexity index is 1240. The lowest BCUT2D eigenvalue weighted by Gasteiger charge is -2.11. The first kappa shape index (κ1) is 19.3. The topological polar surface area (TPSA) is 108 Å². The first-order valence-corrected chi connectivity index (χ1v) is 9.16. The number of nitrogens with two attached hydrogens (primary N) is 1. The van der Waals surface area contributed by atoms with Crippen molar-refractivity contribution >= 4 is 22.8 Å². The maximum absolute atomic E-state index is 14.2. The van der Waals surface area contributed by atoms with Crippen LogP contribution in [0.1, 0.15) is 21.6 Å². The molecular formula is C21H19FN6O2. The summed E-state index contributed by atoms with van der Waals surface area (Å²) in [7, 11) is 1.45. The van der Waals surface area contributed by atoms with E-state index in [9.17, 15) is 9.18 Å². The van der Waals surface area contributed by atoms with E-state index in [0.29, 0.717) is 29.1 Å². The number of hydrogen-bond donors (Lipinski definition) is 2. The Labute approximate surface area is 171 Å². The summed E-state index contributed by atoms with van der Waals surface area (Å²) >= 11 is 0. The van der Waals surface area contributed by atoms with Crippen molar-refractivity contribution in [2.75, 3.05) is 12.4 Å². The molecule has 152 valence electrons. The second-order valence-corrected chi connectivity index (χ2v) is 6.66. The number of nitrogens with one attached hydrogen (secondary N) is 1. The van der Waals surface area contributed by atoms with Crippen LogP contribution in [-0.4, -0.2) is 32.5 Å². The number of aryl methyl sites for hydroxylation is 1. The minimum absolute atomic E-state index is 0.0929. The summed E-state index contributed by atoms with van der Waals surface area (Å²) in [5.74, 6) is -0.770. The number of anilines is 1. The number of halogens is 1. The molecule has 0 aliphatic carbocycles. The van der Waals surface area contributed by atoms with Gasteiger partial charge in [-0.15, -0.1) is 0 Å². The molecule has 4 rings (SSSR count). The summed E-state index contributed by atoms with van der Waals surface area (Å²) in [6.07, 6.45) is 0. The van der Waals surface area contributed by atoms with E-state index in [1.165, 1.54) is 13.2 Å². The third-order valence-corrected chi connectivity index (χ3v) is 4.61.